The fraction of sp³-hybridized carbons (Fsp3) is 0.294. The van der Waals surface area contributed by atoms with Crippen molar-refractivity contribution < 1.29 is 9.13 Å². The molecule has 0 saturated heterocycles. The normalized spacial score (nSPS) is 11.2. The monoisotopic (exact) mass is 316 g/mol. The van der Waals surface area contributed by atoms with E-state index in [-0.39, 0.29) is 12.4 Å². The molecule has 1 heterocycles. The molecule has 0 aliphatic rings. The van der Waals surface area contributed by atoms with Crippen LogP contribution in [-0.4, -0.2) is 24.6 Å². The number of pyridine rings is 1. The van der Waals surface area contributed by atoms with Crippen LogP contribution in [0.15, 0.2) is 47.6 Å². The van der Waals surface area contributed by atoms with E-state index in [1.807, 2.05) is 31.2 Å². The summed E-state index contributed by atoms with van der Waals surface area (Å²) in [6, 6.07) is 10.7. The first-order valence-electron chi connectivity index (χ1n) is 7.47. The van der Waals surface area contributed by atoms with Gasteiger partial charge in [0.1, 0.15) is 11.6 Å². The lowest BCUT2D eigenvalue weighted by Crippen LogP contribution is -2.37. The Morgan fingerprint density at radius 1 is 1.26 bits per heavy atom. The highest BCUT2D eigenvalue weighted by Gasteiger charge is 2.04. The van der Waals surface area contributed by atoms with Crippen molar-refractivity contribution in [2.24, 2.45) is 4.99 Å². The second kappa shape index (κ2) is 8.73. The van der Waals surface area contributed by atoms with Crippen molar-refractivity contribution in [2.45, 2.75) is 20.0 Å². The Bertz CT molecular complexity index is 661. The van der Waals surface area contributed by atoms with Crippen LogP contribution in [-0.2, 0) is 13.1 Å². The Labute approximate surface area is 135 Å². The van der Waals surface area contributed by atoms with Gasteiger partial charge in [0, 0.05) is 12.7 Å². The molecular weight excluding hydrogens is 295 g/mol. The van der Waals surface area contributed by atoms with Crippen LogP contribution in [0.5, 0.6) is 5.75 Å². The van der Waals surface area contributed by atoms with E-state index in [2.05, 4.69) is 20.6 Å². The first kappa shape index (κ1) is 16.7. The van der Waals surface area contributed by atoms with Gasteiger partial charge in [0.15, 0.2) is 5.96 Å². The number of nitrogens with zero attached hydrogens (tertiary/aromatic N) is 2. The third-order valence-corrected chi connectivity index (χ3v) is 3.16. The van der Waals surface area contributed by atoms with E-state index < -0.39 is 0 Å². The zero-order valence-corrected chi connectivity index (χ0v) is 13.3. The lowest BCUT2D eigenvalue weighted by molar-refractivity contribution is 0.414. The molecule has 5 nitrogen and oxygen atoms in total. The number of rotatable bonds is 6. The molecule has 6 heteroatoms. The van der Waals surface area contributed by atoms with Gasteiger partial charge in [-0.1, -0.05) is 12.1 Å². The highest BCUT2D eigenvalue weighted by atomic mass is 19.1. The van der Waals surface area contributed by atoms with Crippen LogP contribution in [0.2, 0.25) is 0 Å². The molecule has 0 amide bonds. The first-order valence-corrected chi connectivity index (χ1v) is 7.47. The van der Waals surface area contributed by atoms with Crippen LogP contribution in [0.25, 0.3) is 0 Å². The van der Waals surface area contributed by atoms with Crippen LogP contribution >= 0.6 is 0 Å². The molecule has 122 valence electrons. The van der Waals surface area contributed by atoms with Crippen molar-refractivity contribution in [3.8, 4) is 5.75 Å². The highest BCUT2D eigenvalue weighted by Crippen LogP contribution is 2.13. The Morgan fingerprint density at radius 3 is 2.87 bits per heavy atom. The summed E-state index contributed by atoms with van der Waals surface area (Å²) in [5.74, 6) is 1.08. The highest BCUT2D eigenvalue weighted by molar-refractivity contribution is 5.79. The second-order valence-electron chi connectivity index (χ2n) is 4.83. The van der Waals surface area contributed by atoms with Crippen molar-refractivity contribution in [2.75, 3.05) is 13.7 Å². The van der Waals surface area contributed by atoms with E-state index in [9.17, 15) is 4.39 Å². The largest absolute Gasteiger partial charge is 0.497 e. The molecule has 0 unspecified atom stereocenters. The number of hydrogen-bond acceptors (Lipinski definition) is 3. The van der Waals surface area contributed by atoms with E-state index >= 15 is 0 Å². The minimum atomic E-state index is -0.330. The van der Waals surface area contributed by atoms with Crippen LogP contribution in [0, 0.1) is 5.82 Å². The fourth-order valence-corrected chi connectivity index (χ4v) is 2.00. The zero-order valence-electron chi connectivity index (χ0n) is 13.3. The van der Waals surface area contributed by atoms with Crippen LogP contribution in [0.3, 0.4) is 0 Å². The summed E-state index contributed by atoms with van der Waals surface area (Å²) >= 11 is 0. The van der Waals surface area contributed by atoms with Gasteiger partial charge in [-0.2, -0.15) is 0 Å². The van der Waals surface area contributed by atoms with Gasteiger partial charge in [0.25, 0.3) is 0 Å². The van der Waals surface area contributed by atoms with E-state index in [0.717, 1.165) is 11.3 Å². The SMILES string of the molecule is CCNC(=NCc1cccc(OC)c1)NCc1ncccc1F. The number of hydrogen-bond donors (Lipinski definition) is 2. The van der Waals surface area contributed by atoms with E-state index in [1.165, 1.54) is 6.07 Å². The standard InChI is InChI=1S/C17H21FN4O/c1-3-19-17(22-12-16-15(18)8-5-9-20-16)21-11-13-6-4-7-14(10-13)23-2/h4-10H,3,11-12H2,1-2H3,(H2,19,21,22). The van der Waals surface area contributed by atoms with E-state index in [4.69, 9.17) is 4.74 Å². The van der Waals surface area contributed by atoms with Gasteiger partial charge < -0.3 is 15.4 Å². The number of aromatic nitrogens is 1. The van der Waals surface area contributed by atoms with Crippen LogP contribution in [0.4, 0.5) is 4.39 Å². The molecule has 0 atom stereocenters. The Morgan fingerprint density at radius 2 is 2.13 bits per heavy atom. The molecule has 0 saturated carbocycles. The van der Waals surface area contributed by atoms with Gasteiger partial charge in [-0.05, 0) is 36.8 Å². The van der Waals surface area contributed by atoms with Crippen LogP contribution < -0.4 is 15.4 Å². The van der Waals surface area contributed by atoms with Gasteiger partial charge in [-0.3, -0.25) is 4.98 Å². The number of benzene rings is 1. The Balaban J connectivity index is 2.00. The predicted molar refractivity (Wildman–Crippen MR) is 88.8 cm³/mol. The van der Waals surface area contributed by atoms with Gasteiger partial charge in [0.2, 0.25) is 0 Å². The van der Waals surface area contributed by atoms with Gasteiger partial charge in [-0.15, -0.1) is 0 Å². The minimum Gasteiger partial charge on any atom is -0.497 e. The summed E-state index contributed by atoms with van der Waals surface area (Å²) in [7, 11) is 1.63. The number of guanidine groups is 1. The fourth-order valence-electron chi connectivity index (χ4n) is 2.00. The Hall–Kier alpha value is -2.63. The maximum atomic E-state index is 13.6. The lowest BCUT2D eigenvalue weighted by Gasteiger charge is -2.11. The number of aliphatic imine (C=N–C) groups is 1. The summed E-state index contributed by atoms with van der Waals surface area (Å²) < 4.78 is 18.8. The van der Waals surface area contributed by atoms with E-state index in [1.54, 1.807) is 19.4 Å². The number of methoxy groups -OCH3 is 1. The molecule has 0 bridgehead atoms. The molecule has 0 spiro atoms. The molecule has 0 radical (unpaired) electrons. The number of ether oxygens (including phenoxy) is 1. The van der Waals surface area contributed by atoms with Crippen LogP contribution in [0.1, 0.15) is 18.2 Å². The van der Waals surface area contributed by atoms with Gasteiger partial charge >= 0.3 is 0 Å². The predicted octanol–water partition coefficient (Wildman–Crippen LogP) is 2.48. The third kappa shape index (κ3) is 5.25. The topological polar surface area (TPSA) is 58.5 Å². The van der Waals surface area contributed by atoms with Crippen molar-refractivity contribution >= 4 is 5.96 Å². The lowest BCUT2D eigenvalue weighted by atomic mass is 10.2. The molecule has 2 aromatic rings. The average molecular weight is 316 g/mol. The maximum absolute atomic E-state index is 13.6. The first-order chi connectivity index (χ1) is 11.2. The molecule has 1 aromatic carbocycles. The summed E-state index contributed by atoms with van der Waals surface area (Å²) in [6.45, 7) is 3.46. The second-order valence-corrected chi connectivity index (χ2v) is 4.83. The minimum absolute atomic E-state index is 0.274. The molecule has 2 rings (SSSR count). The van der Waals surface area contributed by atoms with Crippen molar-refractivity contribution in [1.82, 2.24) is 15.6 Å². The average Bonchev–Trinajstić information content (AvgIpc) is 2.59. The summed E-state index contributed by atoms with van der Waals surface area (Å²) in [6.07, 6.45) is 1.57. The summed E-state index contributed by atoms with van der Waals surface area (Å²) in [4.78, 5) is 8.51. The summed E-state index contributed by atoms with van der Waals surface area (Å²) in [5.41, 5.74) is 1.39. The van der Waals surface area contributed by atoms with Crippen molar-refractivity contribution in [3.05, 3.63) is 59.7 Å². The molecular formula is C17H21FN4O. The molecule has 2 N–H and O–H groups in total. The molecule has 0 aliphatic carbocycles. The summed E-state index contributed by atoms with van der Waals surface area (Å²) in [5, 5.41) is 6.21. The van der Waals surface area contributed by atoms with Crippen molar-refractivity contribution in [3.63, 3.8) is 0 Å². The maximum Gasteiger partial charge on any atom is 0.191 e. The third-order valence-electron chi connectivity index (χ3n) is 3.16. The number of halogens is 1. The zero-order chi connectivity index (χ0) is 16.5. The number of nitrogens with one attached hydrogen (secondary N) is 2. The smallest absolute Gasteiger partial charge is 0.191 e. The molecule has 1 aromatic heterocycles. The molecule has 0 aliphatic heterocycles. The van der Waals surface area contributed by atoms with Gasteiger partial charge in [0.05, 0.1) is 25.9 Å². The Kier molecular flexibility index (Phi) is 6.35. The molecule has 23 heavy (non-hydrogen) atoms. The quantitative estimate of drug-likeness (QED) is 0.635. The van der Waals surface area contributed by atoms with Gasteiger partial charge in [-0.25, -0.2) is 9.38 Å². The molecule has 0 fully saturated rings. The van der Waals surface area contributed by atoms with E-state index in [0.29, 0.717) is 24.7 Å². The van der Waals surface area contributed by atoms with Crippen molar-refractivity contribution in [1.29, 1.82) is 0 Å².